The van der Waals surface area contributed by atoms with Crippen LogP contribution in [0.15, 0.2) is 5.38 Å². The van der Waals surface area contributed by atoms with Crippen molar-refractivity contribution in [1.82, 2.24) is 9.27 Å². The highest BCUT2D eigenvalue weighted by molar-refractivity contribution is 7.03. The standard InChI is InChI=1S/C8H12N2O2S/c1-6-7(5-13-9-6)8(12)10(2)3-4-11/h5,11H,3-4H2,1-2H3. The van der Waals surface area contributed by atoms with E-state index in [2.05, 4.69) is 4.37 Å². The van der Waals surface area contributed by atoms with Crippen molar-refractivity contribution < 1.29 is 9.90 Å². The van der Waals surface area contributed by atoms with Crippen LogP contribution < -0.4 is 0 Å². The van der Waals surface area contributed by atoms with E-state index >= 15 is 0 Å². The SMILES string of the molecule is Cc1nscc1C(=O)N(C)CCO. The molecule has 1 amide bonds. The summed E-state index contributed by atoms with van der Waals surface area (Å²) in [6.07, 6.45) is 0. The van der Waals surface area contributed by atoms with Crippen molar-refractivity contribution in [2.45, 2.75) is 6.92 Å². The molecule has 1 heterocycles. The van der Waals surface area contributed by atoms with Crippen LogP contribution in [-0.4, -0.2) is 40.5 Å². The maximum Gasteiger partial charge on any atom is 0.256 e. The Kier molecular flexibility index (Phi) is 3.39. The van der Waals surface area contributed by atoms with E-state index in [0.29, 0.717) is 12.1 Å². The summed E-state index contributed by atoms with van der Waals surface area (Å²) in [6, 6.07) is 0. The fourth-order valence-corrected chi connectivity index (χ4v) is 1.64. The number of hydrogen-bond acceptors (Lipinski definition) is 4. The molecular formula is C8H12N2O2S. The Bertz CT molecular complexity index is 298. The topological polar surface area (TPSA) is 53.4 Å². The maximum atomic E-state index is 11.6. The molecule has 5 heteroatoms. The van der Waals surface area contributed by atoms with Crippen LogP contribution in [0.5, 0.6) is 0 Å². The van der Waals surface area contributed by atoms with E-state index in [0.717, 1.165) is 5.69 Å². The van der Waals surface area contributed by atoms with Gasteiger partial charge in [0.2, 0.25) is 0 Å². The molecule has 0 unspecified atom stereocenters. The molecule has 0 aliphatic heterocycles. The van der Waals surface area contributed by atoms with Crippen molar-refractivity contribution in [3.05, 3.63) is 16.6 Å². The molecular weight excluding hydrogens is 188 g/mol. The van der Waals surface area contributed by atoms with Gasteiger partial charge in [-0.2, -0.15) is 4.37 Å². The zero-order chi connectivity index (χ0) is 9.84. The summed E-state index contributed by atoms with van der Waals surface area (Å²) >= 11 is 1.27. The van der Waals surface area contributed by atoms with E-state index < -0.39 is 0 Å². The van der Waals surface area contributed by atoms with E-state index in [4.69, 9.17) is 5.11 Å². The molecule has 1 aromatic rings. The predicted molar refractivity (Wildman–Crippen MR) is 50.9 cm³/mol. The summed E-state index contributed by atoms with van der Waals surface area (Å²) in [5.41, 5.74) is 1.38. The number of carbonyl (C=O) groups is 1. The molecule has 0 aromatic carbocycles. The van der Waals surface area contributed by atoms with Gasteiger partial charge in [0, 0.05) is 19.0 Å². The third-order valence-corrected chi connectivity index (χ3v) is 2.48. The van der Waals surface area contributed by atoms with Gasteiger partial charge in [-0.1, -0.05) is 0 Å². The number of aliphatic hydroxyl groups excluding tert-OH is 1. The quantitative estimate of drug-likeness (QED) is 0.773. The Labute approximate surface area is 81.0 Å². The lowest BCUT2D eigenvalue weighted by Crippen LogP contribution is -2.29. The van der Waals surface area contributed by atoms with Crippen molar-refractivity contribution >= 4 is 17.4 Å². The number of aliphatic hydroxyl groups is 1. The monoisotopic (exact) mass is 200 g/mol. The molecule has 0 atom stereocenters. The molecule has 1 N–H and O–H groups in total. The van der Waals surface area contributed by atoms with Crippen LogP contribution in [0, 0.1) is 6.92 Å². The second-order valence-electron chi connectivity index (χ2n) is 2.76. The van der Waals surface area contributed by atoms with E-state index in [1.807, 2.05) is 0 Å². The average Bonchev–Trinajstić information content (AvgIpc) is 2.50. The Morgan fingerprint density at radius 1 is 1.77 bits per heavy atom. The van der Waals surface area contributed by atoms with Crippen LogP contribution in [-0.2, 0) is 0 Å². The Morgan fingerprint density at radius 2 is 2.46 bits per heavy atom. The van der Waals surface area contributed by atoms with Crippen LogP contribution in [0.1, 0.15) is 16.1 Å². The second-order valence-corrected chi connectivity index (χ2v) is 3.39. The zero-order valence-corrected chi connectivity index (χ0v) is 8.47. The maximum absolute atomic E-state index is 11.6. The number of aromatic nitrogens is 1. The Hall–Kier alpha value is -0.940. The number of hydrogen-bond donors (Lipinski definition) is 1. The first-order chi connectivity index (χ1) is 6.16. The Balaban J connectivity index is 2.73. The van der Waals surface area contributed by atoms with E-state index in [9.17, 15) is 4.79 Å². The molecule has 0 fully saturated rings. The highest BCUT2D eigenvalue weighted by atomic mass is 32.1. The molecule has 1 aromatic heterocycles. The minimum atomic E-state index is -0.0831. The van der Waals surface area contributed by atoms with E-state index in [-0.39, 0.29) is 12.5 Å². The van der Waals surface area contributed by atoms with Crippen molar-refractivity contribution in [3.8, 4) is 0 Å². The molecule has 0 bridgehead atoms. The highest BCUT2D eigenvalue weighted by Crippen LogP contribution is 2.11. The summed E-state index contributed by atoms with van der Waals surface area (Å²) < 4.78 is 4.01. The van der Waals surface area contributed by atoms with Gasteiger partial charge in [0.25, 0.3) is 5.91 Å². The lowest BCUT2D eigenvalue weighted by atomic mass is 10.2. The van der Waals surface area contributed by atoms with E-state index in [1.165, 1.54) is 16.4 Å². The van der Waals surface area contributed by atoms with Crippen molar-refractivity contribution in [2.75, 3.05) is 20.2 Å². The number of nitrogens with zero attached hydrogens (tertiary/aromatic N) is 2. The molecule has 0 aliphatic rings. The van der Waals surface area contributed by atoms with Gasteiger partial charge in [0.1, 0.15) is 0 Å². The predicted octanol–water partition coefficient (Wildman–Crippen LogP) is 0.516. The summed E-state index contributed by atoms with van der Waals surface area (Å²) in [7, 11) is 1.66. The van der Waals surface area contributed by atoms with Crippen LogP contribution in [0.4, 0.5) is 0 Å². The first-order valence-corrected chi connectivity index (χ1v) is 4.77. The van der Waals surface area contributed by atoms with Gasteiger partial charge >= 0.3 is 0 Å². The molecule has 4 nitrogen and oxygen atoms in total. The number of aryl methyl sites for hydroxylation is 1. The third kappa shape index (κ3) is 2.26. The largest absolute Gasteiger partial charge is 0.395 e. The number of rotatable bonds is 3. The summed E-state index contributed by atoms with van der Waals surface area (Å²) in [5.74, 6) is -0.0831. The van der Waals surface area contributed by atoms with Gasteiger partial charge in [0.15, 0.2) is 0 Å². The zero-order valence-electron chi connectivity index (χ0n) is 7.65. The van der Waals surface area contributed by atoms with E-state index in [1.54, 1.807) is 19.4 Å². The van der Waals surface area contributed by atoms with Crippen molar-refractivity contribution in [2.24, 2.45) is 0 Å². The minimum Gasteiger partial charge on any atom is -0.395 e. The van der Waals surface area contributed by atoms with Gasteiger partial charge in [-0.25, -0.2) is 0 Å². The molecule has 0 aliphatic carbocycles. The van der Waals surface area contributed by atoms with Crippen LogP contribution in [0.25, 0.3) is 0 Å². The summed E-state index contributed by atoms with van der Waals surface area (Å²) in [5, 5.41) is 10.4. The molecule has 72 valence electrons. The van der Waals surface area contributed by atoms with Gasteiger partial charge in [0.05, 0.1) is 17.9 Å². The third-order valence-electron chi connectivity index (χ3n) is 1.76. The van der Waals surface area contributed by atoms with Gasteiger partial charge < -0.3 is 10.0 Å². The number of carbonyl (C=O) groups excluding carboxylic acids is 1. The molecule has 0 saturated carbocycles. The smallest absolute Gasteiger partial charge is 0.256 e. The van der Waals surface area contributed by atoms with Crippen LogP contribution in [0.3, 0.4) is 0 Å². The Morgan fingerprint density at radius 3 is 2.92 bits per heavy atom. The first kappa shape index (κ1) is 10.1. The lowest BCUT2D eigenvalue weighted by Gasteiger charge is -2.14. The number of amides is 1. The fraction of sp³-hybridized carbons (Fsp3) is 0.500. The highest BCUT2D eigenvalue weighted by Gasteiger charge is 2.14. The summed E-state index contributed by atoms with van der Waals surface area (Å²) in [4.78, 5) is 13.1. The van der Waals surface area contributed by atoms with Gasteiger partial charge in [-0.3, -0.25) is 4.79 Å². The number of likely N-dealkylation sites (N-methyl/N-ethyl adjacent to an activating group) is 1. The molecule has 0 saturated heterocycles. The molecule has 0 spiro atoms. The lowest BCUT2D eigenvalue weighted by molar-refractivity contribution is 0.0766. The fourth-order valence-electron chi connectivity index (χ4n) is 0.955. The molecule has 13 heavy (non-hydrogen) atoms. The average molecular weight is 200 g/mol. The van der Waals surface area contributed by atoms with Crippen molar-refractivity contribution in [3.63, 3.8) is 0 Å². The van der Waals surface area contributed by atoms with Gasteiger partial charge in [-0.05, 0) is 18.5 Å². The first-order valence-electron chi connectivity index (χ1n) is 3.94. The summed E-state index contributed by atoms with van der Waals surface area (Å²) in [6.45, 7) is 2.14. The molecule has 0 radical (unpaired) electrons. The van der Waals surface area contributed by atoms with Gasteiger partial charge in [-0.15, -0.1) is 0 Å². The second kappa shape index (κ2) is 4.34. The van der Waals surface area contributed by atoms with Crippen LogP contribution >= 0.6 is 11.5 Å². The molecule has 1 rings (SSSR count). The van der Waals surface area contributed by atoms with Crippen molar-refractivity contribution in [1.29, 1.82) is 0 Å². The minimum absolute atomic E-state index is 0.0150. The normalized spacial score (nSPS) is 10.1. The van der Waals surface area contributed by atoms with Crippen LogP contribution in [0.2, 0.25) is 0 Å².